The molecule has 2 saturated carbocycles. The van der Waals surface area contributed by atoms with Crippen LogP contribution in [-0.2, 0) is 24.5 Å². The van der Waals surface area contributed by atoms with Crippen LogP contribution in [0.25, 0.3) is 0 Å². The van der Waals surface area contributed by atoms with Gasteiger partial charge in [-0.2, -0.15) is 0 Å². The van der Waals surface area contributed by atoms with E-state index in [1.807, 2.05) is 13.0 Å². The lowest BCUT2D eigenvalue weighted by Gasteiger charge is -2.38. The molecule has 38 heavy (non-hydrogen) atoms. The topological polar surface area (TPSA) is 78.9 Å². The molecule has 0 aliphatic heterocycles. The van der Waals surface area contributed by atoms with Gasteiger partial charge < -0.3 is 14.2 Å². The zero-order valence-corrected chi connectivity index (χ0v) is 21.5. The van der Waals surface area contributed by atoms with Crippen LogP contribution in [0, 0.1) is 23.2 Å². The molecule has 2 fully saturated rings. The normalized spacial score (nSPS) is 25.9. The number of rotatable bonds is 8. The van der Waals surface area contributed by atoms with Crippen molar-refractivity contribution in [1.82, 2.24) is 0 Å². The molecular weight excluding hydrogens is 501 g/mol. The summed E-state index contributed by atoms with van der Waals surface area (Å²) in [5.41, 5.74) is -1.21. The van der Waals surface area contributed by atoms with E-state index >= 15 is 0 Å². The number of alkyl halides is 3. The Morgan fingerprint density at radius 2 is 1.47 bits per heavy atom. The number of carbonyl (C=O) groups excluding carboxylic acids is 3. The Bertz CT molecular complexity index is 1160. The van der Waals surface area contributed by atoms with Gasteiger partial charge in [-0.3, -0.25) is 14.4 Å². The summed E-state index contributed by atoms with van der Waals surface area (Å²) in [4.78, 5) is 40.1. The standard InChI is InChI=1S/C29H31F3O6/c1-4-36-25(34)28(26(35)37-5-2)16-19-15-22(24(33)18-9-7-6-8-10-18)27(3,23(19)17-28)20-11-13-21(14-12-20)38-29(30,31)32/h6-14,19,22-23H,4-5,15-17H2,1-3H3/t19-,22+,23+,27+/m0/s1. The molecule has 204 valence electrons. The summed E-state index contributed by atoms with van der Waals surface area (Å²) < 4.78 is 52.9. The maximum Gasteiger partial charge on any atom is 0.573 e. The van der Waals surface area contributed by atoms with Gasteiger partial charge in [-0.25, -0.2) is 0 Å². The molecule has 0 N–H and O–H groups in total. The molecule has 2 aliphatic rings. The molecule has 0 heterocycles. The fourth-order valence-corrected chi connectivity index (χ4v) is 6.54. The molecule has 0 saturated heterocycles. The molecule has 0 unspecified atom stereocenters. The number of halogens is 3. The zero-order chi connectivity index (χ0) is 27.7. The quantitative estimate of drug-likeness (QED) is 0.240. The third kappa shape index (κ3) is 4.90. The van der Waals surface area contributed by atoms with Crippen LogP contribution < -0.4 is 4.74 Å². The van der Waals surface area contributed by atoms with E-state index in [9.17, 15) is 27.6 Å². The predicted octanol–water partition coefficient (Wildman–Crippen LogP) is 5.88. The van der Waals surface area contributed by atoms with E-state index in [4.69, 9.17) is 9.47 Å². The second kappa shape index (κ2) is 10.4. The Labute approximate surface area is 219 Å². The highest BCUT2D eigenvalue weighted by molar-refractivity contribution is 6.01. The summed E-state index contributed by atoms with van der Waals surface area (Å²) >= 11 is 0. The summed E-state index contributed by atoms with van der Waals surface area (Å²) in [6.07, 6.45) is -4.12. The minimum atomic E-state index is -4.83. The molecule has 4 atom stereocenters. The highest BCUT2D eigenvalue weighted by Crippen LogP contribution is 2.64. The molecule has 4 rings (SSSR count). The van der Waals surface area contributed by atoms with Crippen molar-refractivity contribution in [3.63, 3.8) is 0 Å². The number of hydrogen-bond acceptors (Lipinski definition) is 6. The van der Waals surface area contributed by atoms with Gasteiger partial charge in [-0.15, -0.1) is 13.2 Å². The maximum absolute atomic E-state index is 13.8. The van der Waals surface area contributed by atoms with Gasteiger partial charge in [0.1, 0.15) is 5.75 Å². The Morgan fingerprint density at radius 1 is 0.895 bits per heavy atom. The van der Waals surface area contributed by atoms with Crippen molar-refractivity contribution in [3.05, 3.63) is 65.7 Å². The van der Waals surface area contributed by atoms with E-state index < -0.39 is 35.0 Å². The van der Waals surface area contributed by atoms with Crippen LogP contribution in [0.2, 0.25) is 0 Å². The summed E-state index contributed by atoms with van der Waals surface area (Å²) in [6, 6.07) is 14.3. The molecule has 0 amide bonds. The van der Waals surface area contributed by atoms with Gasteiger partial charge in [0, 0.05) is 16.9 Å². The fourth-order valence-electron chi connectivity index (χ4n) is 6.54. The van der Waals surface area contributed by atoms with Gasteiger partial charge in [0.15, 0.2) is 11.2 Å². The lowest BCUT2D eigenvalue weighted by atomic mass is 9.64. The summed E-state index contributed by atoms with van der Waals surface area (Å²) in [6.45, 7) is 5.42. The number of fused-ring (bicyclic) bond motifs is 1. The van der Waals surface area contributed by atoms with Gasteiger partial charge in [0.2, 0.25) is 0 Å². The third-order valence-electron chi connectivity index (χ3n) is 8.20. The molecule has 0 aromatic heterocycles. The van der Waals surface area contributed by atoms with Crippen molar-refractivity contribution in [2.45, 2.75) is 51.8 Å². The summed E-state index contributed by atoms with van der Waals surface area (Å²) in [5, 5.41) is 0. The van der Waals surface area contributed by atoms with Crippen molar-refractivity contribution < 1.29 is 41.8 Å². The van der Waals surface area contributed by atoms with Crippen LogP contribution in [0.4, 0.5) is 13.2 Å². The van der Waals surface area contributed by atoms with Crippen LogP contribution in [0.5, 0.6) is 5.75 Å². The Morgan fingerprint density at radius 3 is 2.00 bits per heavy atom. The molecule has 2 aromatic rings. The number of carbonyl (C=O) groups is 3. The van der Waals surface area contributed by atoms with E-state index in [1.54, 1.807) is 38.1 Å². The lowest BCUT2D eigenvalue weighted by Crippen LogP contribution is -2.44. The van der Waals surface area contributed by atoms with Crippen molar-refractivity contribution in [3.8, 4) is 5.75 Å². The smallest absolute Gasteiger partial charge is 0.465 e. The lowest BCUT2D eigenvalue weighted by molar-refractivity contribution is -0.274. The number of ether oxygens (including phenoxy) is 3. The first-order chi connectivity index (χ1) is 18.0. The first-order valence-corrected chi connectivity index (χ1v) is 12.8. The number of Topliss-reactive ketones (excluding diaryl/α,β-unsaturated/α-hetero) is 1. The van der Waals surface area contributed by atoms with E-state index in [2.05, 4.69) is 4.74 Å². The first kappa shape index (κ1) is 27.7. The number of esters is 2. The number of hydrogen-bond donors (Lipinski definition) is 0. The maximum atomic E-state index is 13.8. The molecule has 0 spiro atoms. The Kier molecular flexibility index (Phi) is 7.59. The fraction of sp³-hybridized carbons (Fsp3) is 0.483. The SMILES string of the molecule is CCOC(=O)C1(C(=O)OCC)C[C@@H]2C[C@H](C(=O)c3ccccc3)[C@@](C)(c3ccc(OC(F)(F)F)cc3)[C@@H]2C1. The highest BCUT2D eigenvalue weighted by atomic mass is 19.4. The van der Waals surface area contributed by atoms with Gasteiger partial charge >= 0.3 is 18.3 Å². The number of ketones is 1. The van der Waals surface area contributed by atoms with Gasteiger partial charge in [-0.05, 0) is 62.6 Å². The van der Waals surface area contributed by atoms with Crippen molar-refractivity contribution in [2.75, 3.05) is 13.2 Å². The van der Waals surface area contributed by atoms with Crippen molar-refractivity contribution >= 4 is 17.7 Å². The van der Waals surface area contributed by atoms with Gasteiger partial charge in [-0.1, -0.05) is 49.4 Å². The molecular formula is C29H31F3O6. The highest BCUT2D eigenvalue weighted by Gasteiger charge is 2.66. The van der Waals surface area contributed by atoms with Crippen LogP contribution in [0.15, 0.2) is 54.6 Å². The van der Waals surface area contributed by atoms with Crippen LogP contribution in [0.1, 0.15) is 56.0 Å². The molecule has 6 nitrogen and oxygen atoms in total. The number of benzene rings is 2. The molecule has 2 aliphatic carbocycles. The predicted molar refractivity (Wildman–Crippen MR) is 131 cm³/mol. The van der Waals surface area contributed by atoms with Crippen LogP contribution in [-0.4, -0.2) is 37.3 Å². The average Bonchev–Trinajstić information content (AvgIpc) is 3.40. The van der Waals surface area contributed by atoms with Crippen molar-refractivity contribution in [1.29, 1.82) is 0 Å². The van der Waals surface area contributed by atoms with E-state index in [1.165, 1.54) is 24.3 Å². The molecule has 2 aromatic carbocycles. The van der Waals surface area contributed by atoms with Crippen molar-refractivity contribution in [2.24, 2.45) is 23.2 Å². The van der Waals surface area contributed by atoms with Crippen LogP contribution in [0.3, 0.4) is 0 Å². The minimum Gasteiger partial charge on any atom is -0.465 e. The van der Waals surface area contributed by atoms with Gasteiger partial charge in [0.05, 0.1) is 13.2 Å². The molecule has 0 bridgehead atoms. The first-order valence-electron chi connectivity index (χ1n) is 12.8. The largest absolute Gasteiger partial charge is 0.573 e. The second-order valence-electron chi connectivity index (χ2n) is 10.2. The Hall–Kier alpha value is -3.36. The van der Waals surface area contributed by atoms with Crippen LogP contribution >= 0.6 is 0 Å². The van der Waals surface area contributed by atoms with Gasteiger partial charge in [0.25, 0.3) is 0 Å². The second-order valence-corrected chi connectivity index (χ2v) is 10.2. The Balaban J connectivity index is 1.77. The van der Waals surface area contributed by atoms with E-state index in [0.717, 1.165) is 0 Å². The minimum absolute atomic E-state index is 0.0870. The summed E-state index contributed by atoms with van der Waals surface area (Å²) in [7, 11) is 0. The monoisotopic (exact) mass is 532 g/mol. The summed E-state index contributed by atoms with van der Waals surface area (Å²) in [5.74, 6) is -2.75. The average molecular weight is 533 g/mol. The molecule has 9 heteroatoms. The third-order valence-corrected chi connectivity index (χ3v) is 8.20. The molecule has 0 radical (unpaired) electrons. The van der Waals surface area contributed by atoms with E-state index in [-0.39, 0.29) is 49.4 Å². The zero-order valence-electron chi connectivity index (χ0n) is 21.5. The van der Waals surface area contributed by atoms with E-state index in [0.29, 0.717) is 17.5 Å².